The summed E-state index contributed by atoms with van der Waals surface area (Å²) in [6.45, 7) is 2.24. The second kappa shape index (κ2) is 9.75. The first-order chi connectivity index (χ1) is 15.1. The van der Waals surface area contributed by atoms with Gasteiger partial charge in [0.05, 0.1) is 5.56 Å². The topological polar surface area (TPSA) is 74.3 Å². The summed E-state index contributed by atoms with van der Waals surface area (Å²) in [4.78, 5) is 32.0. The molecule has 0 radical (unpaired) electrons. The second-order valence-electron chi connectivity index (χ2n) is 7.43. The summed E-state index contributed by atoms with van der Waals surface area (Å²) in [5.41, 5.74) is 3.50. The molecule has 1 aliphatic rings. The van der Waals surface area contributed by atoms with Crippen LogP contribution in [0.25, 0.3) is 0 Å². The normalized spacial score (nSPS) is 13.1. The predicted molar refractivity (Wildman–Crippen MR) is 125 cm³/mol. The molecule has 31 heavy (non-hydrogen) atoms. The zero-order chi connectivity index (χ0) is 21.6. The zero-order valence-corrected chi connectivity index (χ0v) is 18.6. The van der Waals surface area contributed by atoms with Crippen molar-refractivity contribution in [2.24, 2.45) is 0 Å². The van der Waals surface area contributed by atoms with Crippen molar-refractivity contribution < 1.29 is 9.59 Å². The summed E-state index contributed by atoms with van der Waals surface area (Å²) in [5.74, 6) is -0.402. The molecule has 0 saturated carbocycles. The van der Waals surface area contributed by atoms with E-state index in [1.54, 1.807) is 30.6 Å². The van der Waals surface area contributed by atoms with Gasteiger partial charge < -0.3 is 15.5 Å². The Kier molecular flexibility index (Phi) is 6.62. The Morgan fingerprint density at radius 3 is 2.58 bits per heavy atom. The van der Waals surface area contributed by atoms with Gasteiger partial charge >= 0.3 is 0 Å². The molecule has 6 nitrogen and oxygen atoms in total. The molecular weight excluding hydrogens is 456 g/mol. The minimum Gasteiger partial charge on any atom is -0.371 e. The number of nitrogens with zero attached hydrogens (tertiary/aromatic N) is 2. The smallest absolute Gasteiger partial charge is 0.255 e. The number of hydrogen-bond acceptors (Lipinski definition) is 4. The van der Waals surface area contributed by atoms with Crippen molar-refractivity contribution in [3.63, 3.8) is 0 Å². The van der Waals surface area contributed by atoms with Crippen LogP contribution in [0.2, 0.25) is 0 Å². The Labute approximate surface area is 189 Å². The highest BCUT2D eigenvalue weighted by Gasteiger charge is 2.20. The zero-order valence-electron chi connectivity index (χ0n) is 17.0. The van der Waals surface area contributed by atoms with Gasteiger partial charge in [-0.05, 0) is 60.9 Å². The van der Waals surface area contributed by atoms with E-state index in [9.17, 15) is 9.59 Å². The number of halogens is 1. The molecular formula is C24H23BrN4O2. The summed E-state index contributed by atoms with van der Waals surface area (Å²) in [6.07, 6.45) is 5.65. The number of hydrogen-bond donors (Lipinski definition) is 2. The van der Waals surface area contributed by atoms with Crippen LogP contribution in [0.4, 0.5) is 11.4 Å². The highest BCUT2D eigenvalue weighted by atomic mass is 79.9. The van der Waals surface area contributed by atoms with Gasteiger partial charge in [-0.2, -0.15) is 0 Å². The monoisotopic (exact) mass is 478 g/mol. The van der Waals surface area contributed by atoms with Gasteiger partial charge in [0.1, 0.15) is 0 Å². The van der Waals surface area contributed by atoms with Gasteiger partial charge in [0, 0.05) is 53.4 Å². The van der Waals surface area contributed by atoms with Crippen molar-refractivity contribution >= 4 is 39.1 Å². The minimum absolute atomic E-state index is 0.177. The Balaban J connectivity index is 1.56. The van der Waals surface area contributed by atoms with Crippen molar-refractivity contribution in [1.82, 2.24) is 10.3 Å². The fourth-order valence-corrected chi connectivity index (χ4v) is 4.04. The first-order valence-corrected chi connectivity index (χ1v) is 11.0. The molecule has 1 saturated heterocycles. The first-order valence-electron chi connectivity index (χ1n) is 10.2. The molecule has 1 aliphatic heterocycles. The van der Waals surface area contributed by atoms with Crippen molar-refractivity contribution in [3.05, 3.63) is 88.2 Å². The molecule has 0 bridgehead atoms. The maximum absolute atomic E-state index is 13.1. The number of nitrogens with one attached hydrogen (secondary N) is 2. The van der Waals surface area contributed by atoms with E-state index < -0.39 is 0 Å². The molecule has 2 amide bonds. The molecule has 1 aromatic heterocycles. The van der Waals surface area contributed by atoms with Crippen molar-refractivity contribution in [3.8, 4) is 0 Å². The van der Waals surface area contributed by atoms with Gasteiger partial charge in [0.2, 0.25) is 0 Å². The molecule has 3 aromatic rings. The van der Waals surface area contributed by atoms with E-state index in [-0.39, 0.29) is 11.8 Å². The Bertz CT molecular complexity index is 1080. The van der Waals surface area contributed by atoms with Gasteiger partial charge in [-0.1, -0.05) is 28.1 Å². The molecule has 2 aromatic carbocycles. The average molecular weight is 479 g/mol. The lowest BCUT2D eigenvalue weighted by atomic mass is 10.1. The fraction of sp³-hybridized carbons (Fsp3) is 0.208. The molecule has 158 valence electrons. The number of rotatable bonds is 6. The number of amides is 2. The molecule has 0 aliphatic carbocycles. The van der Waals surface area contributed by atoms with Crippen LogP contribution in [-0.2, 0) is 6.54 Å². The van der Waals surface area contributed by atoms with Crippen LogP contribution < -0.4 is 15.5 Å². The van der Waals surface area contributed by atoms with Crippen LogP contribution in [0.5, 0.6) is 0 Å². The predicted octanol–water partition coefficient (Wildman–Crippen LogP) is 4.63. The Morgan fingerprint density at radius 1 is 1.00 bits per heavy atom. The highest BCUT2D eigenvalue weighted by Crippen LogP contribution is 2.28. The van der Waals surface area contributed by atoms with Crippen molar-refractivity contribution in [2.75, 3.05) is 23.3 Å². The van der Waals surface area contributed by atoms with Crippen LogP contribution in [0, 0.1) is 0 Å². The maximum Gasteiger partial charge on any atom is 0.255 e. The van der Waals surface area contributed by atoms with E-state index in [2.05, 4.69) is 36.4 Å². The standard InChI is InChI=1S/C24H23BrN4O2/c25-19-7-3-6-18(13-19)23(30)28-20-8-9-22(29-11-1-2-12-29)21(14-20)24(31)27-16-17-5-4-10-26-15-17/h3-10,13-15H,1-2,11-12,16H2,(H,27,31)(H,28,30). The quantitative estimate of drug-likeness (QED) is 0.541. The molecule has 0 atom stereocenters. The van der Waals surface area contributed by atoms with Crippen LogP contribution in [0.1, 0.15) is 39.1 Å². The minimum atomic E-state index is -0.225. The number of benzene rings is 2. The highest BCUT2D eigenvalue weighted by molar-refractivity contribution is 9.10. The molecule has 0 unspecified atom stereocenters. The maximum atomic E-state index is 13.1. The lowest BCUT2D eigenvalue weighted by molar-refractivity contribution is 0.0950. The Hall–Kier alpha value is -3.19. The van der Waals surface area contributed by atoms with E-state index >= 15 is 0 Å². The first kappa shape index (κ1) is 21.1. The lowest BCUT2D eigenvalue weighted by Crippen LogP contribution is -2.27. The van der Waals surface area contributed by atoms with Crippen LogP contribution in [-0.4, -0.2) is 29.9 Å². The van der Waals surface area contributed by atoms with Gasteiger partial charge in [0.25, 0.3) is 11.8 Å². The van der Waals surface area contributed by atoms with Crippen molar-refractivity contribution in [1.29, 1.82) is 0 Å². The van der Waals surface area contributed by atoms with E-state index in [0.717, 1.165) is 41.7 Å². The summed E-state index contributed by atoms with van der Waals surface area (Å²) in [5, 5.41) is 5.88. The van der Waals surface area contributed by atoms with Gasteiger partial charge in [-0.3, -0.25) is 14.6 Å². The van der Waals surface area contributed by atoms with Gasteiger partial charge in [-0.25, -0.2) is 0 Å². The lowest BCUT2D eigenvalue weighted by Gasteiger charge is -2.22. The van der Waals surface area contributed by atoms with Crippen LogP contribution in [0.15, 0.2) is 71.5 Å². The summed E-state index contributed by atoms with van der Waals surface area (Å²) in [7, 11) is 0. The molecule has 4 rings (SSSR count). The summed E-state index contributed by atoms with van der Waals surface area (Å²) in [6, 6.07) is 16.5. The Morgan fingerprint density at radius 2 is 1.84 bits per heavy atom. The van der Waals surface area contributed by atoms with E-state index in [4.69, 9.17) is 0 Å². The van der Waals surface area contributed by atoms with E-state index in [1.165, 1.54) is 0 Å². The number of carbonyl (C=O) groups excluding carboxylic acids is 2. The molecule has 2 N–H and O–H groups in total. The fourth-order valence-electron chi connectivity index (χ4n) is 3.64. The summed E-state index contributed by atoms with van der Waals surface area (Å²) >= 11 is 3.39. The van der Waals surface area contributed by atoms with Crippen LogP contribution in [0.3, 0.4) is 0 Å². The van der Waals surface area contributed by atoms with Crippen LogP contribution >= 0.6 is 15.9 Å². The third kappa shape index (κ3) is 5.30. The number of carbonyl (C=O) groups is 2. The average Bonchev–Trinajstić information content (AvgIpc) is 3.33. The third-order valence-electron chi connectivity index (χ3n) is 5.21. The summed E-state index contributed by atoms with van der Waals surface area (Å²) < 4.78 is 0.833. The molecule has 1 fully saturated rings. The molecule has 2 heterocycles. The second-order valence-corrected chi connectivity index (χ2v) is 8.35. The third-order valence-corrected chi connectivity index (χ3v) is 5.70. The largest absolute Gasteiger partial charge is 0.371 e. The van der Waals surface area contributed by atoms with Gasteiger partial charge in [0.15, 0.2) is 0 Å². The molecule has 0 spiro atoms. The number of anilines is 2. The van der Waals surface area contributed by atoms with E-state index in [0.29, 0.717) is 23.4 Å². The number of aromatic nitrogens is 1. The molecule has 7 heteroatoms. The van der Waals surface area contributed by atoms with Gasteiger partial charge in [-0.15, -0.1) is 0 Å². The SMILES string of the molecule is O=C(Nc1ccc(N2CCCC2)c(C(=O)NCc2cccnc2)c1)c1cccc(Br)c1. The van der Waals surface area contributed by atoms with E-state index in [1.807, 2.05) is 36.4 Å². The number of pyridine rings is 1. The van der Waals surface area contributed by atoms with Crippen molar-refractivity contribution in [2.45, 2.75) is 19.4 Å².